The second-order valence-electron chi connectivity index (χ2n) is 11.1. The zero-order valence-corrected chi connectivity index (χ0v) is 23.9. The number of hydrogen-bond acceptors (Lipinski definition) is 4. The Labute approximate surface area is 243 Å². The molecule has 2 N–H and O–H groups in total. The Balaban J connectivity index is 1.35. The number of benzene rings is 3. The highest BCUT2D eigenvalue weighted by atomic mass is 32.2. The summed E-state index contributed by atoms with van der Waals surface area (Å²) in [6, 6.07) is 12.0. The topological polar surface area (TPSA) is 78.5 Å². The fourth-order valence-electron chi connectivity index (χ4n) is 5.75. The molecule has 224 valence electrons. The molecule has 3 aromatic carbocycles. The lowest BCUT2D eigenvalue weighted by atomic mass is 9.88. The van der Waals surface area contributed by atoms with E-state index in [0.29, 0.717) is 37.9 Å². The van der Waals surface area contributed by atoms with Gasteiger partial charge in [-0.15, -0.1) is 0 Å². The molecule has 0 bridgehead atoms. The molecule has 11 heteroatoms. The number of piperazine rings is 1. The molecule has 0 spiro atoms. The lowest BCUT2D eigenvalue weighted by molar-refractivity contribution is -0.116. The van der Waals surface area contributed by atoms with Crippen LogP contribution in [0.1, 0.15) is 55.2 Å². The largest absolute Gasteiger partial charge is 0.326 e. The van der Waals surface area contributed by atoms with E-state index in [0.717, 1.165) is 18.2 Å². The molecule has 1 heterocycles. The first-order chi connectivity index (χ1) is 20.0. The van der Waals surface area contributed by atoms with Crippen molar-refractivity contribution in [3.63, 3.8) is 0 Å². The highest BCUT2D eigenvalue weighted by molar-refractivity contribution is 7.90. The quantitative estimate of drug-likeness (QED) is 0.301. The van der Waals surface area contributed by atoms with Crippen LogP contribution in [0.4, 0.5) is 23.2 Å². The third-order valence-corrected chi connectivity index (χ3v) is 10.5. The van der Waals surface area contributed by atoms with E-state index in [9.17, 15) is 26.4 Å². The van der Waals surface area contributed by atoms with Gasteiger partial charge in [0.25, 0.3) is 0 Å². The number of carbonyl (C=O) groups excluding carboxylic acids is 1. The summed E-state index contributed by atoms with van der Waals surface area (Å²) in [5.41, 5.74) is 1.15. The van der Waals surface area contributed by atoms with E-state index >= 15 is 4.39 Å². The SMILES string of the molecule is CC1CNCC(CCc2c(F)cccc2NC(=O)CC(c2ccc(F)cc2)c2cc(F)cc(F)c2)N1S(=O)(=O)C1CC1. The van der Waals surface area contributed by atoms with E-state index in [4.69, 9.17) is 0 Å². The van der Waals surface area contributed by atoms with Gasteiger partial charge in [-0.1, -0.05) is 18.2 Å². The van der Waals surface area contributed by atoms with Gasteiger partial charge in [0.15, 0.2) is 0 Å². The summed E-state index contributed by atoms with van der Waals surface area (Å²) in [6.07, 6.45) is 1.57. The second-order valence-corrected chi connectivity index (χ2v) is 13.2. The number of carbonyl (C=O) groups is 1. The average Bonchev–Trinajstić information content (AvgIpc) is 3.78. The Kier molecular flexibility index (Phi) is 9.00. The summed E-state index contributed by atoms with van der Waals surface area (Å²) in [6.45, 7) is 2.83. The maximum Gasteiger partial charge on any atom is 0.225 e. The van der Waals surface area contributed by atoms with Crippen LogP contribution in [0.25, 0.3) is 0 Å². The monoisotopic (exact) mass is 603 g/mol. The van der Waals surface area contributed by atoms with Crippen LogP contribution >= 0.6 is 0 Å². The van der Waals surface area contributed by atoms with Crippen LogP contribution in [0.15, 0.2) is 60.7 Å². The molecule has 1 saturated carbocycles. The molecule has 5 rings (SSSR count). The number of sulfonamides is 1. The van der Waals surface area contributed by atoms with Gasteiger partial charge in [0.05, 0.1) is 5.25 Å². The Bertz CT molecular complexity index is 1530. The van der Waals surface area contributed by atoms with E-state index in [1.165, 1.54) is 36.4 Å². The van der Waals surface area contributed by atoms with Crippen molar-refractivity contribution in [2.24, 2.45) is 0 Å². The summed E-state index contributed by atoms with van der Waals surface area (Å²) >= 11 is 0. The Morgan fingerprint density at radius 3 is 2.31 bits per heavy atom. The van der Waals surface area contributed by atoms with E-state index in [2.05, 4.69) is 10.6 Å². The van der Waals surface area contributed by atoms with Crippen LogP contribution in [0.2, 0.25) is 0 Å². The number of anilines is 1. The van der Waals surface area contributed by atoms with E-state index < -0.39 is 45.1 Å². The molecular formula is C31H33F4N3O3S. The van der Waals surface area contributed by atoms with Crippen LogP contribution in [-0.4, -0.2) is 49.1 Å². The first-order valence-corrected chi connectivity index (χ1v) is 15.5. The molecule has 2 aliphatic rings. The van der Waals surface area contributed by atoms with Gasteiger partial charge in [0, 0.05) is 54.8 Å². The number of halogens is 4. The predicted octanol–water partition coefficient (Wildman–Crippen LogP) is 5.49. The minimum absolute atomic E-state index is 0.175. The first kappa shape index (κ1) is 30.2. The van der Waals surface area contributed by atoms with Crippen LogP contribution < -0.4 is 10.6 Å². The number of nitrogens with zero attached hydrogens (tertiary/aromatic N) is 1. The summed E-state index contributed by atoms with van der Waals surface area (Å²) < 4.78 is 84.7. The number of amides is 1. The average molecular weight is 604 g/mol. The lowest BCUT2D eigenvalue weighted by Crippen LogP contribution is -2.59. The normalized spacial score (nSPS) is 20.3. The van der Waals surface area contributed by atoms with Crippen molar-refractivity contribution in [3.8, 4) is 0 Å². The van der Waals surface area contributed by atoms with Crippen LogP contribution in [-0.2, 0) is 21.2 Å². The molecule has 3 atom stereocenters. The van der Waals surface area contributed by atoms with Crippen molar-refractivity contribution in [2.75, 3.05) is 18.4 Å². The molecule has 1 aliphatic heterocycles. The molecule has 3 aromatic rings. The van der Waals surface area contributed by atoms with Crippen molar-refractivity contribution in [2.45, 2.75) is 62.3 Å². The van der Waals surface area contributed by atoms with Crippen LogP contribution in [0.3, 0.4) is 0 Å². The van der Waals surface area contributed by atoms with Crippen molar-refractivity contribution in [3.05, 3.63) is 101 Å². The molecular weight excluding hydrogens is 570 g/mol. The molecule has 1 aliphatic carbocycles. The number of hydrogen-bond donors (Lipinski definition) is 2. The summed E-state index contributed by atoms with van der Waals surface area (Å²) in [7, 11) is -3.45. The summed E-state index contributed by atoms with van der Waals surface area (Å²) in [5, 5.41) is 5.64. The molecule has 3 unspecified atom stereocenters. The molecule has 0 radical (unpaired) electrons. The standard InChI is InChI=1S/C31H33F4N3O3S/c1-19-17-36-18-25(38(19)42(40,41)26-10-11-26)9-12-27-29(35)3-2-4-30(27)37-31(39)16-28(20-5-7-22(32)8-6-20)21-13-23(33)15-24(34)14-21/h2-8,13-15,19,25-26,28,36H,9-12,16-18H2,1H3,(H,37,39). The lowest BCUT2D eigenvalue weighted by Gasteiger charge is -2.40. The smallest absolute Gasteiger partial charge is 0.225 e. The van der Waals surface area contributed by atoms with Crippen LogP contribution in [0, 0.1) is 23.3 Å². The predicted molar refractivity (Wildman–Crippen MR) is 152 cm³/mol. The Morgan fingerprint density at radius 1 is 0.952 bits per heavy atom. The Hall–Kier alpha value is -3.28. The highest BCUT2D eigenvalue weighted by Gasteiger charge is 2.45. The second kappa shape index (κ2) is 12.5. The zero-order chi connectivity index (χ0) is 30.0. The fraction of sp³-hybridized carbons (Fsp3) is 0.387. The van der Waals surface area contributed by atoms with Gasteiger partial charge >= 0.3 is 0 Å². The van der Waals surface area contributed by atoms with Gasteiger partial charge in [-0.3, -0.25) is 4.79 Å². The van der Waals surface area contributed by atoms with Crippen molar-refractivity contribution >= 4 is 21.6 Å². The molecule has 0 aromatic heterocycles. The number of nitrogens with one attached hydrogen (secondary N) is 2. The summed E-state index contributed by atoms with van der Waals surface area (Å²) in [5.74, 6) is -4.00. The van der Waals surface area contributed by atoms with Crippen molar-refractivity contribution < 1.29 is 30.8 Å². The fourth-order valence-corrected chi connectivity index (χ4v) is 8.00. The molecule has 42 heavy (non-hydrogen) atoms. The molecule has 1 saturated heterocycles. The van der Waals surface area contributed by atoms with Gasteiger partial charge in [-0.05, 0) is 80.1 Å². The minimum atomic E-state index is -3.45. The zero-order valence-electron chi connectivity index (χ0n) is 23.1. The van der Waals surface area contributed by atoms with Crippen molar-refractivity contribution in [1.29, 1.82) is 0 Å². The Morgan fingerprint density at radius 2 is 1.64 bits per heavy atom. The molecule has 1 amide bonds. The van der Waals surface area contributed by atoms with Gasteiger partial charge in [-0.2, -0.15) is 4.31 Å². The third kappa shape index (κ3) is 6.85. The number of rotatable bonds is 10. The maximum absolute atomic E-state index is 15.1. The minimum Gasteiger partial charge on any atom is -0.326 e. The summed E-state index contributed by atoms with van der Waals surface area (Å²) in [4.78, 5) is 13.3. The van der Waals surface area contributed by atoms with Crippen LogP contribution in [0.5, 0.6) is 0 Å². The van der Waals surface area contributed by atoms with Gasteiger partial charge < -0.3 is 10.6 Å². The highest BCUT2D eigenvalue weighted by Crippen LogP contribution is 2.35. The van der Waals surface area contributed by atoms with Gasteiger partial charge in [-0.25, -0.2) is 26.0 Å². The third-order valence-electron chi connectivity index (χ3n) is 7.92. The van der Waals surface area contributed by atoms with E-state index in [1.54, 1.807) is 10.4 Å². The van der Waals surface area contributed by atoms with Crippen molar-refractivity contribution in [1.82, 2.24) is 9.62 Å². The molecule has 2 fully saturated rings. The van der Waals surface area contributed by atoms with Gasteiger partial charge in [0.2, 0.25) is 15.9 Å². The molecule has 6 nitrogen and oxygen atoms in total. The van der Waals surface area contributed by atoms with E-state index in [-0.39, 0.29) is 47.0 Å². The first-order valence-electron chi connectivity index (χ1n) is 14.0. The van der Waals surface area contributed by atoms with Gasteiger partial charge in [0.1, 0.15) is 23.3 Å². The maximum atomic E-state index is 15.1. The van der Waals surface area contributed by atoms with E-state index in [1.807, 2.05) is 6.92 Å².